The van der Waals surface area contributed by atoms with Gasteiger partial charge in [-0.25, -0.2) is 0 Å². The third kappa shape index (κ3) is 4.22. The van der Waals surface area contributed by atoms with E-state index in [1.165, 1.54) is 4.91 Å². The Morgan fingerprint density at radius 2 is 2.38 bits per heavy atom. The van der Waals surface area contributed by atoms with E-state index in [9.17, 15) is 0 Å². The summed E-state index contributed by atoms with van der Waals surface area (Å²) in [5.41, 5.74) is 0. The van der Waals surface area contributed by atoms with E-state index in [1.54, 1.807) is 11.9 Å². The molecule has 0 heterocycles. The standard InChI is InChI=1S/C6H13NS/c1-4-6(3)8-7-5-2/h4,7H,5H2,1-3H3/b6-4+. The smallest absolute Gasteiger partial charge is 0.00332 e. The van der Waals surface area contributed by atoms with Crippen molar-refractivity contribution < 1.29 is 0 Å². The molecule has 0 atom stereocenters. The third-order valence-electron chi connectivity index (χ3n) is 0.784. The van der Waals surface area contributed by atoms with Crippen LogP contribution < -0.4 is 4.72 Å². The van der Waals surface area contributed by atoms with Gasteiger partial charge in [0.15, 0.2) is 0 Å². The van der Waals surface area contributed by atoms with E-state index in [0.29, 0.717) is 0 Å². The van der Waals surface area contributed by atoms with Crippen LogP contribution in [0.2, 0.25) is 0 Å². The van der Waals surface area contributed by atoms with Gasteiger partial charge in [0, 0.05) is 6.54 Å². The average Bonchev–Trinajstić information content (AvgIpc) is 1.83. The van der Waals surface area contributed by atoms with Gasteiger partial charge in [0.1, 0.15) is 0 Å². The van der Waals surface area contributed by atoms with Crippen molar-refractivity contribution in [3.8, 4) is 0 Å². The van der Waals surface area contributed by atoms with Gasteiger partial charge >= 0.3 is 0 Å². The molecule has 0 aromatic heterocycles. The quantitative estimate of drug-likeness (QED) is 0.589. The van der Waals surface area contributed by atoms with Crippen LogP contribution in [0.4, 0.5) is 0 Å². The van der Waals surface area contributed by atoms with Crippen LogP contribution in [-0.2, 0) is 0 Å². The normalized spacial score (nSPS) is 12.1. The number of allylic oxidation sites excluding steroid dienone is 2. The summed E-state index contributed by atoms with van der Waals surface area (Å²) < 4.78 is 3.15. The summed E-state index contributed by atoms with van der Waals surface area (Å²) in [5.74, 6) is 0. The zero-order chi connectivity index (χ0) is 6.41. The van der Waals surface area contributed by atoms with Crippen LogP contribution in [0.25, 0.3) is 0 Å². The van der Waals surface area contributed by atoms with Crippen molar-refractivity contribution in [1.82, 2.24) is 4.72 Å². The molecule has 0 saturated heterocycles. The van der Waals surface area contributed by atoms with Crippen molar-refractivity contribution in [3.63, 3.8) is 0 Å². The minimum Gasteiger partial charge on any atom is -0.260 e. The Kier molecular flexibility index (Phi) is 5.22. The highest BCUT2D eigenvalue weighted by atomic mass is 32.2. The predicted molar refractivity (Wildman–Crippen MR) is 40.7 cm³/mol. The van der Waals surface area contributed by atoms with Crippen LogP contribution in [0.15, 0.2) is 11.0 Å². The molecule has 1 N–H and O–H groups in total. The van der Waals surface area contributed by atoms with Gasteiger partial charge in [-0.15, -0.1) is 0 Å². The van der Waals surface area contributed by atoms with E-state index in [-0.39, 0.29) is 0 Å². The largest absolute Gasteiger partial charge is 0.260 e. The first-order valence-electron chi connectivity index (χ1n) is 2.83. The summed E-state index contributed by atoms with van der Waals surface area (Å²) in [5, 5.41) is 0. The number of hydrogen-bond donors (Lipinski definition) is 1. The summed E-state index contributed by atoms with van der Waals surface area (Å²) in [6.45, 7) is 7.25. The Hall–Kier alpha value is 0.0500. The number of hydrogen-bond acceptors (Lipinski definition) is 2. The lowest BCUT2D eigenvalue weighted by Gasteiger charge is -1.96. The molecular weight excluding hydrogens is 118 g/mol. The summed E-state index contributed by atoms with van der Waals surface area (Å²) >= 11 is 1.69. The topological polar surface area (TPSA) is 12.0 Å². The highest BCUT2D eigenvalue weighted by Crippen LogP contribution is 2.07. The maximum absolute atomic E-state index is 3.15. The van der Waals surface area contributed by atoms with E-state index < -0.39 is 0 Å². The Bertz CT molecular complexity index is 78.6. The summed E-state index contributed by atoms with van der Waals surface area (Å²) in [7, 11) is 0. The summed E-state index contributed by atoms with van der Waals surface area (Å²) in [6, 6.07) is 0. The molecule has 48 valence electrons. The lowest BCUT2D eigenvalue weighted by Crippen LogP contribution is -1.99. The summed E-state index contributed by atoms with van der Waals surface area (Å²) in [6.07, 6.45) is 2.09. The van der Waals surface area contributed by atoms with Gasteiger partial charge in [0.25, 0.3) is 0 Å². The Labute approximate surface area is 55.7 Å². The van der Waals surface area contributed by atoms with Crippen molar-refractivity contribution in [2.75, 3.05) is 6.54 Å². The molecule has 1 nitrogen and oxygen atoms in total. The molecule has 0 unspecified atom stereocenters. The molecule has 0 aromatic rings. The maximum Gasteiger partial charge on any atom is 0.00332 e. The predicted octanol–water partition coefficient (Wildman–Crippen LogP) is 2.17. The van der Waals surface area contributed by atoms with Crippen molar-refractivity contribution in [2.24, 2.45) is 0 Å². The molecule has 0 amide bonds. The van der Waals surface area contributed by atoms with Gasteiger partial charge in [-0.3, -0.25) is 4.72 Å². The fourth-order valence-corrected chi connectivity index (χ4v) is 0.735. The molecule has 0 aliphatic rings. The molecule has 0 fully saturated rings. The SMILES string of the molecule is C/C=C(\C)SNCC. The lowest BCUT2D eigenvalue weighted by molar-refractivity contribution is 1.04. The molecule has 8 heavy (non-hydrogen) atoms. The van der Waals surface area contributed by atoms with Gasteiger partial charge < -0.3 is 0 Å². The van der Waals surface area contributed by atoms with Crippen LogP contribution >= 0.6 is 11.9 Å². The Balaban J connectivity index is 3.12. The molecule has 0 aliphatic heterocycles. The minimum atomic E-state index is 1.02. The molecule has 0 spiro atoms. The fraction of sp³-hybridized carbons (Fsp3) is 0.667. The van der Waals surface area contributed by atoms with Crippen LogP contribution in [0.3, 0.4) is 0 Å². The van der Waals surface area contributed by atoms with Crippen molar-refractivity contribution in [3.05, 3.63) is 11.0 Å². The number of nitrogens with one attached hydrogen (secondary N) is 1. The monoisotopic (exact) mass is 131 g/mol. The maximum atomic E-state index is 3.15. The molecule has 0 bridgehead atoms. The van der Waals surface area contributed by atoms with Crippen molar-refractivity contribution >= 4 is 11.9 Å². The molecule has 0 aliphatic carbocycles. The van der Waals surface area contributed by atoms with E-state index in [4.69, 9.17) is 0 Å². The van der Waals surface area contributed by atoms with E-state index in [0.717, 1.165) is 6.54 Å². The second kappa shape index (κ2) is 5.19. The van der Waals surface area contributed by atoms with Crippen molar-refractivity contribution in [1.29, 1.82) is 0 Å². The molecule has 2 heteroatoms. The van der Waals surface area contributed by atoms with E-state index >= 15 is 0 Å². The Morgan fingerprint density at radius 3 is 2.75 bits per heavy atom. The molecule has 0 rings (SSSR count). The first-order chi connectivity index (χ1) is 3.81. The second-order valence-electron chi connectivity index (χ2n) is 1.50. The summed E-state index contributed by atoms with van der Waals surface area (Å²) in [4.78, 5) is 1.33. The van der Waals surface area contributed by atoms with Crippen LogP contribution in [0.1, 0.15) is 20.8 Å². The van der Waals surface area contributed by atoms with Gasteiger partial charge in [-0.1, -0.05) is 24.9 Å². The van der Waals surface area contributed by atoms with Crippen LogP contribution in [0.5, 0.6) is 0 Å². The average molecular weight is 131 g/mol. The second-order valence-corrected chi connectivity index (χ2v) is 2.64. The van der Waals surface area contributed by atoms with E-state index in [2.05, 4.69) is 24.6 Å². The number of rotatable bonds is 3. The molecule has 0 aromatic carbocycles. The van der Waals surface area contributed by atoms with Gasteiger partial charge in [-0.2, -0.15) is 0 Å². The first kappa shape index (κ1) is 8.05. The zero-order valence-electron chi connectivity index (χ0n) is 5.69. The van der Waals surface area contributed by atoms with Crippen LogP contribution in [-0.4, -0.2) is 6.54 Å². The fourth-order valence-electron chi connectivity index (χ4n) is 0.245. The molecular formula is C6H13NS. The van der Waals surface area contributed by atoms with Gasteiger partial charge in [-0.05, 0) is 18.8 Å². The highest BCUT2D eigenvalue weighted by Gasteiger charge is 1.82. The first-order valence-corrected chi connectivity index (χ1v) is 3.65. The van der Waals surface area contributed by atoms with E-state index in [1.807, 2.05) is 6.92 Å². The molecule has 0 saturated carbocycles. The highest BCUT2D eigenvalue weighted by molar-refractivity contribution is 8.01. The van der Waals surface area contributed by atoms with Gasteiger partial charge in [0.05, 0.1) is 0 Å². The Morgan fingerprint density at radius 1 is 1.75 bits per heavy atom. The third-order valence-corrected chi connectivity index (χ3v) is 1.77. The zero-order valence-corrected chi connectivity index (χ0v) is 6.51. The van der Waals surface area contributed by atoms with Crippen LogP contribution in [0, 0.1) is 0 Å². The van der Waals surface area contributed by atoms with Crippen molar-refractivity contribution in [2.45, 2.75) is 20.8 Å². The van der Waals surface area contributed by atoms with Gasteiger partial charge in [0.2, 0.25) is 0 Å². The molecule has 0 radical (unpaired) electrons. The lowest BCUT2D eigenvalue weighted by atomic mass is 10.6. The minimum absolute atomic E-state index is 1.02.